The average Bonchev–Trinajstić information content (AvgIpc) is 3.62. The van der Waals surface area contributed by atoms with Gasteiger partial charge in [-0.15, -0.1) is 0 Å². The number of thioether (sulfide) groups is 1. The van der Waals surface area contributed by atoms with Crippen LogP contribution in [-0.4, -0.2) is 45.8 Å². The largest absolute Gasteiger partial charge is 0.454 e. The fraction of sp³-hybridized carbons (Fsp3) is 0.161. The molecule has 2 N–H and O–H groups in total. The number of aromatic nitrogens is 1. The van der Waals surface area contributed by atoms with Crippen molar-refractivity contribution in [1.82, 2.24) is 9.47 Å². The normalized spacial score (nSPS) is 15.1. The maximum absolute atomic E-state index is 13.2. The van der Waals surface area contributed by atoms with Crippen molar-refractivity contribution in [2.45, 2.75) is 20.4 Å². The Bertz CT molecular complexity index is 1810. The highest BCUT2D eigenvalue weighted by Gasteiger charge is 2.36. The van der Waals surface area contributed by atoms with E-state index in [0.29, 0.717) is 22.9 Å². The van der Waals surface area contributed by atoms with Crippen LogP contribution in [0, 0.1) is 13.8 Å². The minimum Gasteiger partial charge on any atom is -0.454 e. The highest BCUT2D eigenvalue weighted by atomic mass is 32.2. The molecule has 0 bridgehead atoms. The van der Waals surface area contributed by atoms with Crippen molar-refractivity contribution in [2.75, 3.05) is 24.0 Å². The molecule has 0 unspecified atom stereocenters. The van der Waals surface area contributed by atoms with Gasteiger partial charge in [0.05, 0.1) is 4.91 Å². The molecule has 0 aliphatic carbocycles. The fourth-order valence-electron chi connectivity index (χ4n) is 4.98. The first-order valence-corrected chi connectivity index (χ1v) is 14.0. The van der Waals surface area contributed by atoms with Crippen molar-refractivity contribution in [3.63, 3.8) is 0 Å². The third kappa shape index (κ3) is 5.21. The second kappa shape index (κ2) is 11.1. The number of carbonyl (C=O) groups excluding carboxylic acids is 4. The van der Waals surface area contributed by atoms with Gasteiger partial charge < -0.3 is 24.7 Å². The highest BCUT2D eigenvalue weighted by molar-refractivity contribution is 8.18. The van der Waals surface area contributed by atoms with Crippen LogP contribution in [0.25, 0.3) is 17.0 Å². The Labute approximate surface area is 245 Å². The van der Waals surface area contributed by atoms with E-state index < -0.39 is 23.6 Å². The number of benzene rings is 3. The Morgan fingerprint density at radius 2 is 1.64 bits per heavy atom. The van der Waals surface area contributed by atoms with Gasteiger partial charge in [-0.1, -0.05) is 36.4 Å². The van der Waals surface area contributed by atoms with Gasteiger partial charge in [-0.2, -0.15) is 0 Å². The lowest BCUT2D eigenvalue weighted by Crippen LogP contribution is -2.36. The molecule has 1 aromatic heterocycles. The van der Waals surface area contributed by atoms with Crippen molar-refractivity contribution < 1.29 is 28.7 Å². The molecule has 3 aromatic carbocycles. The molecule has 0 radical (unpaired) electrons. The summed E-state index contributed by atoms with van der Waals surface area (Å²) in [6, 6.07) is 20.0. The number of aryl methyl sites for hydroxylation is 1. The molecule has 1 fully saturated rings. The molecule has 0 saturated carbocycles. The number of hydrogen-bond acceptors (Lipinski definition) is 7. The lowest BCUT2D eigenvalue weighted by Gasteiger charge is -2.13. The summed E-state index contributed by atoms with van der Waals surface area (Å²) in [6.45, 7) is 3.49. The van der Waals surface area contributed by atoms with Crippen LogP contribution in [-0.2, 0) is 20.9 Å². The van der Waals surface area contributed by atoms with E-state index in [1.165, 1.54) is 0 Å². The molecular weight excluding hydrogens is 556 g/mol. The maximum Gasteiger partial charge on any atom is 0.294 e. The summed E-state index contributed by atoms with van der Waals surface area (Å²) in [5, 5.41) is 5.96. The van der Waals surface area contributed by atoms with Gasteiger partial charge in [0.15, 0.2) is 11.5 Å². The second-order valence-corrected chi connectivity index (χ2v) is 10.8. The van der Waals surface area contributed by atoms with Crippen LogP contribution < -0.4 is 20.1 Å². The maximum atomic E-state index is 13.2. The van der Waals surface area contributed by atoms with Crippen LogP contribution in [0.3, 0.4) is 0 Å². The van der Waals surface area contributed by atoms with Crippen molar-refractivity contribution in [1.29, 1.82) is 0 Å². The number of fused-ring (bicyclic) bond motifs is 2. The summed E-state index contributed by atoms with van der Waals surface area (Å²) in [5.74, 6) is -0.0550. The Hall–Kier alpha value is -5.03. The van der Waals surface area contributed by atoms with Crippen LogP contribution in [0.1, 0.15) is 16.8 Å². The van der Waals surface area contributed by atoms with Gasteiger partial charge in [0, 0.05) is 39.6 Å². The summed E-state index contributed by atoms with van der Waals surface area (Å²) >= 11 is 0.788. The molecule has 11 heteroatoms. The Balaban J connectivity index is 1.22. The number of hydrogen-bond donors (Lipinski definition) is 2. The van der Waals surface area contributed by atoms with E-state index in [0.717, 1.165) is 44.4 Å². The van der Waals surface area contributed by atoms with E-state index in [2.05, 4.69) is 10.6 Å². The smallest absolute Gasteiger partial charge is 0.294 e. The number of nitrogens with one attached hydrogen (secondary N) is 2. The molecule has 4 aromatic rings. The van der Waals surface area contributed by atoms with E-state index in [-0.39, 0.29) is 24.2 Å². The molecule has 10 nitrogen and oxygen atoms in total. The number of carbonyl (C=O) groups is 4. The van der Waals surface area contributed by atoms with Crippen LogP contribution in [0.15, 0.2) is 71.6 Å². The van der Waals surface area contributed by atoms with Gasteiger partial charge in [-0.25, -0.2) is 0 Å². The van der Waals surface area contributed by atoms with Gasteiger partial charge in [-0.3, -0.25) is 24.1 Å². The number of rotatable bonds is 7. The first-order chi connectivity index (χ1) is 20.3. The summed E-state index contributed by atoms with van der Waals surface area (Å²) in [5.41, 5.74) is 4.35. The Kier molecular flexibility index (Phi) is 7.17. The Morgan fingerprint density at radius 1 is 0.905 bits per heavy atom. The SMILES string of the molecule is Cc1ccccc1NC(=O)CN1C(=O)S/C(=C\c2c(C)n(CC(=O)Nc3ccc4c(c3)OCO4)c3ccccc23)C1=O. The standard InChI is InChI=1S/C31H26N4O6S/c1-18-7-3-5-9-23(18)33-29(37)16-35-30(38)27(42-31(35)39)14-22-19(2)34(24-10-6-4-8-21(22)24)15-28(36)32-20-11-12-25-26(13-20)41-17-40-25/h3-14H,15-17H2,1-2H3,(H,32,36)(H,33,37)/b27-14-. The quantitative estimate of drug-likeness (QED) is 0.284. The van der Waals surface area contributed by atoms with Crippen molar-refractivity contribution in [3.05, 3.63) is 88.5 Å². The number of anilines is 2. The summed E-state index contributed by atoms with van der Waals surface area (Å²) in [4.78, 5) is 52.9. The van der Waals surface area contributed by atoms with E-state index in [1.807, 2.05) is 54.8 Å². The lowest BCUT2D eigenvalue weighted by molar-refractivity contribution is -0.127. The molecule has 42 heavy (non-hydrogen) atoms. The highest BCUT2D eigenvalue weighted by Crippen LogP contribution is 2.36. The zero-order valence-electron chi connectivity index (χ0n) is 22.8. The van der Waals surface area contributed by atoms with Crippen LogP contribution in [0.4, 0.5) is 16.2 Å². The topological polar surface area (TPSA) is 119 Å². The second-order valence-electron chi connectivity index (χ2n) is 9.85. The van der Waals surface area contributed by atoms with Gasteiger partial charge in [-0.05, 0) is 61.5 Å². The monoisotopic (exact) mass is 582 g/mol. The number of imide groups is 1. The number of amides is 4. The minimum absolute atomic E-state index is 0.0230. The molecule has 2 aliphatic heterocycles. The zero-order chi connectivity index (χ0) is 29.4. The third-order valence-corrected chi connectivity index (χ3v) is 8.02. The van der Waals surface area contributed by atoms with Crippen LogP contribution in [0.2, 0.25) is 0 Å². The predicted molar refractivity (Wildman–Crippen MR) is 160 cm³/mol. The third-order valence-electron chi connectivity index (χ3n) is 7.11. The molecule has 2 aliphatic rings. The Morgan fingerprint density at radius 3 is 2.48 bits per heavy atom. The summed E-state index contributed by atoms with van der Waals surface area (Å²) in [7, 11) is 0. The van der Waals surface area contributed by atoms with Gasteiger partial charge in [0.1, 0.15) is 13.1 Å². The van der Waals surface area contributed by atoms with Crippen molar-refractivity contribution in [3.8, 4) is 11.5 Å². The van der Waals surface area contributed by atoms with E-state index in [4.69, 9.17) is 9.47 Å². The lowest BCUT2D eigenvalue weighted by atomic mass is 10.1. The fourth-order valence-corrected chi connectivity index (χ4v) is 5.80. The van der Waals surface area contributed by atoms with Crippen molar-refractivity contribution >= 4 is 63.1 Å². The van der Waals surface area contributed by atoms with Crippen LogP contribution >= 0.6 is 11.8 Å². The minimum atomic E-state index is -0.540. The summed E-state index contributed by atoms with van der Waals surface area (Å²) < 4.78 is 12.6. The van der Waals surface area contributed by atoms with Gasteiger partial charge in [0.25, 0.3) is 11.1 Å². The number of para-hydroxylation sites is 2. The first kappa shape index (κ1) is 27.2. The number of nitrogens with zero attached hydrogens (tertiary/aromatic N) is 2. The zero-order valence-corrected chi connectivity index (χ0v) is 23.6. The molecule has 0 spiro atoms. The predicted octanol–water partition coefficient (Wildman–Crippen LogP) is 5.30. The van der Waals surface area contributed by atoms with Gasteiger partial charge >= 0.3 is 0 Å². The first-order valence-electron chi connectivity index (χ1n) is 13.2. The van der Waals surface area contributed by atoms with E-state index >= 15 is 0 Å². The molecular formula is C31H26N4O6S. The molecule has 212 valence electrons. The van der Waals surface area contributed by atoms with Crippen LogP contribution in [0.5, 0.6) is 11.5 Å². The number of ether oxygens (including phenoxy) is 2. The average molecular weight is 583 g/mol. The van der Waals surface area contributed by atoms with E-state index in [9.17, 15) is 19.2 Å². The van der Waals surface area contributed by atoms with Crippen molar-refractivity contribution in [2.24, 2.45) is 0 Å². The van der Waals surface area contributed by atoms with Gasteiger partial charge in [0.2, 0.25) is 18.6 Å². The summed E-state index contributed by atoms with van der Waals surface area (Å²) in [6.07, 6.45) is 1.66. The molecule has 1 saturated heterocycles. The molecule has 0 atom stereocenters. The molecule has 4 amide bonds. The molecule has 3 heterocycles. The van der Waals surface area contributed by atoms with E-state index in [1.54, 1.807) is 36.4 Å². The molecule has 6 rings (SSSR count).